The summed E-state index contributed by atoms with van der Waals surface area (Å²) >= 11 is 3.89. The van der Waals surface area contributed by atoms with Crippen LogP contribution in [0.3, 0.4) is 0 Å². The van der Waals surface area contributed by atoms with Crippen LogP contribution in [0.2, 0.25) is 0 Å². The summed E-state index contributed by atoms with van der Waals surface area (Å²) in [4.78, 5) is 16.7. The van der Waals surface area contributed by atoms with Crippen LogP contribution in [0.1, 0.15) is 0 Å². The molecule has 0 aliphatic rings. The number of nitrogens with zero attached hydrogens (tertiary/aromatic N) is 1. The first kappa shape index (κ1) is 17.9. The first-order valence-corrected chi connectivity index (χ1v) is 11.2. The first-order chi connectivity index (χ1) is 12.0. The van der Waals surface area contributed by atoms with Crippen molar-refractivity contribution < 1.29 is 13.2 Å². The summed E-state index contributed by atoms with van der Waals surface area (Å²) < 4.78 is 27.1. The van der Waals surface area contributed by atoms with Gasteiger partial charge in [0, 0.05) is 22.2 Å². The molecular formula is C15H13N3O3S4. The van der Waals surface area contributed by atoms with Crippen LogP contribution in [-0.4, -0.2) is 25.1 Å². The molecule has 0 radical (unpaired) electrons. The lowest BCUT2D eigenvalue weighted by molar-refractivity contribution is -0.113. The zero-order valence-electron chi connectivity index (χ0n) is 12.7. The lowest BCUT2D eigenvalue weighted by Gasteiger charge is -2.07. The SMILES string of the molecule is O=C(CSc1ccc(NS(=O)(=O)c2cccs2)cc1)Nc1nccs1. The molecule has 25 heavy (non-hydrogen) atoms. The molecule has 2 N–H and O–H groups in total. The van der Waals surface area contributed by atoms with E-state index in [0.29, 0.717) is 10.8 Å². The summed E-state index contributed by atoms with van der Waals surface area (Å²) in [6.07, 6.45) is 1.63. The average molecular weight is 412 g/mol. The van der Waals surface area contributed by atoms with Gasteiger partial charge in [0.25, 0.3) is 10.0 Å². The predicted octanol–water partition coefficient (Wildman–Crippen LogP) is 3.74. The monoisotopic (exact) mass is 411 g/mol. The van der Waals surface area contributed by atoms with Gasteiger partial charge in [-0.05, 0) is 35.7 Å². The molecule has 0 spiro atoms. The van der Waals surface area contributed by atoms with Gasteiger partial charge in [0.1, 0.15) is 4.21 Å². The van der Waals surface area contributed by atoms with Crippen molar-refractivity contribution in [2.45, 2.75) is 9.10 Å². The predicted molar refractivity (Wildman–Crippen MR) is 103 cm³/mol. The Kier molecular flexibility index (Phi) is 5.74. The maximum Gasteiger partial charge on any atom is 0.271 e. The minimum atomic E-state index is -3.55. The number of carbonyl (C=O) groups is 1. The van der Waals surface area contributed by atoms with Crippen molar-refractivity contribution in [1.82, 2.24) is 4.98 Å². The van der Waals surface area contributed by atoms with Crippen LogP contribution in [-0.2, 0) is 14.8 Å². The smallest absolute Gasteiger partial charge is 0.271 e. The second kappa shape index (κ2) is 8.00. The molecule has 10 heteroatoms. The Morgan fingerprint density at radius 3 is 2.56 bits per heavy atom. The molecule has 1 aromatic carbocycles. The molecule has 130 valence electrons. The number of thiophene rings is 1. The Labute approximate surface area is 157 Å². The summed E-state index contributed by atoms with van der Waals surface area (Å²) in [5.74, 6) is 0.113. The van der Waals surface area contributed by atoms with Crippen LogP contribution in [0.5, 0.6) is 0 Å². The van der Waals surface area contributed by atoms with Crippen LogP contribution < -0.4 is 10.0 Å². The number of hydrogen-bond donors (Lipinski definition) is 2. The number of aromatic nitrogens is 1. The van der Waals surface area contributed by atoms with Crippen LogP contribution in [0.25, 0.3) is 0 Å². The van der Waals surface area contributed by atoms with Gasteiger partial charge in [-0.3, -0.25) is 9.52 Å². The van der Waals surface area contributed by atoms with Gasteiger partial charge < -0.3 is 5.32 Å². The second-order valence-electron chi connectivity index (χ2n) is 4.74. The van der Waals surface area contributed by atoms with E-state index in [9.17, 15) is 13.2 Å². The number of hydrogen-bond acceptors (Lipinski definition) is 7. The second-order valence-corrected chi connectivity index (χ2v) is 9.54. The molecule has 2 heterocycles. The zero-order chi connectivity index (χ0) is 17.7. The summed E-state index contributed by atoms with van der Waals surface area (Å²) in [6.45, 7) is 0. The maximum absolute atomic E-state index is 12.2. The van der Waals surface area contributed by atoms with Gasteiger partial charge in [-0.1, -0.05) is 6.07 Å². The molecule has 3 aromatic rings. The number of sulfonamides is 1. The van der Waals surface area contributed by atoms with E-state index in [4.69, 9.17) is 0 Å². The quantitative estimate of drug-likeness (QED) is 0.578. The van der Waals surface area contributed by atoms with E-state index in [0.717, 1.165) is 16.2 Å². The van der Waals surface area contributed by atoms with Crippen molar-refractivity contribution in [3.05, 3.63) is 53.4 Å². The minimum Gasteiger partial charge on any atom is -0.301 e. The van der Waals surface area contributed by atoms with Crippen molar-refractivity contribution in [1.29, 1.82) is 0 Å². The van der Waals surface area contributed by atoms with Crippen molar-refractivity contribution in [2.24, 2.45) is 0 Å². The number of thioether (sulfide) groups is 1. The largest absolute Gasteiger partial charge is 0.301 e. The first-order valence-electron chi connectivity index (χ1n) is 7.01. The molecule has 0 fully saturated rings. The fourth-order valence-corrected chi connectivity index (χ4v) is 5.13. The highest BCUT2D eigenvalue weighted by Gasteiger charge is 2.15. The lowest BCUT2D eigenvalue weighted by atomic mass is 10.3. The number of amides is 1. The van der Waals surface area contributed by atoms with Crippen LogP contribution in [0, 0.1) is 0 Å². The third-order valence-electron chi connectivity index (χ3n) is 2.92. The molecule has 0 bridgehead atoms. The highest BCUT2D eigenvalue weighted by molar-refractivity contribution is 8.00. The maximum atomic E-state index is 12.2. The molecule has 0 aliphatic carbocycles. The third kappa shape index (κ3) is 5.05. The van der Waals surface area contributed by atoms with E-state index in [1.807, 2.05) is 0 Å². The molecule has 0 atom stereocenters. The fourth-order valence-electron chi connectivity index (χ4n) is 1.83. The average Bonchev–Trinajstić information content (AvgIpc) is 3.28. The standard InChI is InChI=1S/C15H13N3O3S4/c19-13(17-15-16-7-9-23-15)10-24-12-5-3-11(4-6-12)18-25(20,21)14-2-1-8-22-14/h1-9,18H,10H2,(H,16,17,19). The molecular weight excluding hydrogens is 398 g/mol. The van der Waals surface area contributed by atoms with Gasteiger partial charge in [0.05, 0.1) is 5.75 Å². The van der Waals surface area contributed by atoms with E-state index in [2.05, 4.69) is 15.0 Å². The van der Waals surface area contributed by atoms with Crippen LogP contribution in [0.15, 0.2) is 62.5 Å². The highest BCUT2D eigenvalue weighted by atomic mass is 32.2. The Balaban J connectivity index is 1.54. The minimum absolute atomic E-state index is 0.137. The summed E-state index contributed by atoms with van der Waals surface area (Å²) in [7, 11) is -3.55. The number of thiazole rings is 1. The van der Waals surface area contributed by atoms with Crippen molar-refractivity contribution in [3.8, 4) is 0 Å². The van der Waals surface area contributed by atoms with E-state index in [1.54, 1.807) is 53.4 Å². The summed E-state index contributed by atoms with van der Waals surface area (Å²) in [5.41, 5.74) is 0.477. The third-order valence-corrected chi connectivity index (χ3v) is 7.39. The van der Waals surface area contributed by atoms with Gasteiger partial charge >= 0.3 is 0 Å². The van der Waals surface area contributed by atoms with Crippen LogP contribution in [0.4, 0.5) is 10.8 Å². The number of anilines is 2. The van der Waals surface area contributed by atoms with E-state index in [1.165, 1.54) is 23.1 Å². The van der Waals surface area contributed by atoms with Crippen molar-refractivity contribution in [2.75, 3.05) is 15.8 Å². The number of rotatable bonds is 7. The molecule has 0 aliphatic heterocycles. The highest BCUT2D eigenvalue weighted by Crippen LogP contribution is 2.24. The lowest BCUT2D eigenvalue weighted by Crippen LogP contribution is -2.13. The van der Waals surface area contributed by atoms with Gasteiger partial charge in [-0.15, -0.1) is 34.4 Å². The van der Waals surface area contributed by atoms with E-state index in [-0.39, 0.29) is 15.9 Å². The Bertz CT molecular complexity index is 921. The van der Waals surface area contributed by atoms with Gasteiger partial charge in [0.2, 0.25) is 5.91 Å². The van der Waals surface area contributed by atoms with E-state index >= 15 is 0 Å². The van der Waals surface area contributed by atoms with E-state index < -0.39 is 10.0 Å². The Morgan fingerprint density at radius 1 is 1.12 bits per heavy atom. The summed E-state index contributed by atoms with van der Waals surface area (Å²) in [6, 6.07) is 10.1. The number of nitrogens with one attached hydrogen (secondary N) is 2. The van der Waals surface area contributed by atoms with Gasteiger partial charge in [-0.25, -0.2) is 13.4 Å². The van der Waals surface area contributed by atoms with Crippen molar-refractivity contribution in [3.63, 3.8) is 0 Å². The van der Waals surface area contributed by atoms with Crippen LogP contribution >= 0.6 is 34.4 Å². The normalized spacial score (nSPS) is 11.2. The Morgan fingerprint density at radius 2 is 1.92 bits per heavy atom. The number of benzene rings is 1. The van der Waals surface area contributed by atoms with Gasteiger partial charge in [0.15, 0.2) is 5.13 Å². The van der Waals surface area contributed by atoms with Crippen molar-refractivity contribution >= 4 is 61.2 Å². The fraction of sp³-hybridized carbons (Fsp3) is 0.0667. The zero-order valence-corrected chi connectivity index (χ0v) is 16.0. The molecule has 0 saturated heterocycles. The molecule has 2 aromatic heterocycles. The topological polar surface area (TPSA) is 88.2 Å². The number of carbonyl (C=O) groups excluding carboxylic acids is 1. The molecule has 0 saturated carbocycles. The molecule has 6 nitrogen and oxygen atoms in total. The molecule has 1 amide bonds. The van der Waals surface area contributed by atoms with Gasteiger partial charge in [-0.2, -0.15) is 0 Å². The summed E-state index contributed by atoms with van der Waals surface area (Å²) in [5, 5.41) is 6.78. The molecule has 0 unspecified atom stereocenters. The Hall–Kier alpha value is -1.88. The molecule has 3 rings (SSSR count).